The van der Waals surface area contributed by atoms with Gasteiger partial charge in [-0.15, -0.1) is 0 Å². The number of nitrogens with two attached hydrogens (primary N) is 1. The molecule has 1 unspecified atom stereocenters. The van der Waals surface area contributed by atoms with Gasteiger partial charge >= 0.3 is 0 Å². The molecule has 0 radical (unpaired) electrons. The highest BCUT2D eigenvalue weighted by Crippen LogP contribution is 2.22. The number of hydrazine groups is 1. The summed E-state index contributed by atoms with van der Waals surface area (Å²) < 4.78 is 5.13. The van der Waals surface area contributed by atoms with Crippen molar-refractivity contribution in [2.45, 2.75) is 12.3 Å². The van der Waals surface area contributed by atoms with E-state index in [1.165, 1.54) is 0 Å². The molecule has 0 aromatic heterocycles. The molecule has 20 heavy (non-hydrogen) atoms. The van der Waals surface area contributed by atoms with Gasteiger partial charge in [0.2, 0.25) is 5.91 Å². The van der Waals surface area contributed by atoms with Crippen LogP contribution in [0.15, 0.2) is 54.6 Å². The van der Waals surface area contributed by atoms with Gasteiger partial charge in [0, 0.05) is 0 Å². The first-order chi connectivity index (χ1) is 9.74. The fraction of sp³-hybridized carbons (Fsp3) is 0.188. The molecule has 0 spiro atoms. The Morgan fingerprint density at radius 1 is 1.15 bits per heavy atom. The lowest BCUT2D eigenvalue weighted by Gasteiger charge is -2.16. The van der Waals surface area contributed by atoms with E-state index in [0.717, 1.165) is 16.9 Å². The maximum atomic E-state index is 12.0. The molecule has 1 amide bonds. The molecule has 0 bridgehead atoms. The molecule has 0 heterocycles. The summed E-state index contributed by atoms with van der Waals surface area (Å²) >= 11 is 0. The Balaban J connectivity index is 2.21. The molecule has 2 rings (SSSR count). The summed E-state index contributed by atoms with van der Waals surface area (Å²) in [5.74, 6) is 5.60. The molecular formula is C16H18N2O2. The van der Waals surface area contributed by atoms with E-state index < -0.39 is 0 Å². The zero-order chi connectivity index (χ0) is 14.4. The van der Waals surface area contributed by atoms with Crippen LogP contribution in [0, 0.1) is 0 Å². The fourth-order valence-electron chi connectivity index (χ4n) is 2.15. The van der Waals surface area contributed by atoms with Crippen LogP contribution in [-0.4, -0.2) is 13.0 Å². The van der Waals surface area contributed by atoms with Crippen molar-refractivity contribution in [2.24, 2.45) is 5.84 Å². The Labute approximate surface area is 118 Å². The quantitative estimate of drug-likeness (QED) is 0.496. The van der Waals surface area contributed by atoms with Gasteiger partial charge < -0.3 is 4.74 Å². The normalized spacial score (nSPS) is 11.7. The van der Waals surface area contributed by atoms with E-state index in [2.05, 4.69) is 5.43 Å². The van der Waals surface area contributed by atoms with Gasteiger partial charge in [-0.2, -0.15) is 0 Å². The molecular weight excluding hydrogens is 252 g/mol. The average Bonchev–Trinajstić information content (AvgIpc) is 2.53. The number of rotatable bonds is 5. The number of nitrogens with one attached hydrogen (secondary N) is 1. The van der Waals surface area contributed by atoms with Crippen LogP contribution in [0.5, 0.6) is 5.75 Å². The van der Waals surface area contributed by atoms with Crippen LogP contribution < -0.4 is 16.0 Å². The third kappa shape index (κ3) is 3.36. The highest BCUT2D eigenvalue weighted by molar-refractivity contribution is 5.83. The highest BCUT2D eigenvalue weighted by Gasteiger charge is 2.20. The number of ether oxygens (including phenoxy) is 1. The van der Waals surface area contributed by atoms with Gasteiger partial charge in [0.05, 0.1) is 13.0 Å². The van der Waals surface area contributed by atoms with E-state index in [-0.39, 0.29) is 11.8 Å². The number of hydrogen-bond donors (Lipinski definition) is 2. The highest BCUT2D eigenvalue weighted by atomic mass is 16.5. The van der Waals surface area contributed by atoms with Crippen molar-refractivity contribution >= 4 is 5.91 Å². The van der Waals surface area contributed by atoms with Crippen molar-refractivity contribution in [3.8, 4) is 5.75 Å². The summed E-state index contributed by atoms with van der Waals surface area (Å²) in [6.07, 6.45) is 0.594. The van der Waals surface area contributed by atoms with Crippen LogP contribution in [0.1, 0.15) is 17.0 Å². The molecule has 4 nitrogen and oxygen atoms in total. The largest absolute Gasteiger partial charge is 0.497 e. The van der Waals surface area contributed by atoms with Crippen LogP contribution in [-0.2, 0) is 11.2 Å². The van der Waals surface area contributed by atoms with Crippen LogP contribution in [0.25, 0.3) is 0 Å². The molecule has 0 aliphatic heterocycles. The third-order valence-electron chi connectivity index (χ3n) is 3.26. The zero-order valence-corrected chi connectivity index (χ0v) is 11.4. The van der Waals surface area contributed by atoms with Crippen LogP contribution >= 0.6 is 0 Å². The first-order valence-electron chi connectivity index (χ1n) is 6.43. The van der Waals surface area contributed by atoms with E-state index in [4.69, 9.17) is 10.6 Å². The predicted octanol–water partition coefficient (Wildman–Crippen LogP) is 2.01. The Bertz CT molecular complexity index is 552. The monoisotopic (exact) mass is 270 g/mol. The number of hydrogen-bond acceptors (Lipinski definition) is 3. The van der Waals surface area contributed by atoms with E-state index in [9.17, 15) is 4.79 Å². The van der Waals surface area contributed by atoms with Gasteiger partial charge in [-0.3, -0.25) is 10.2 Å². The minimum absolute atomic E-state index is 0.188. The van der Waals surface area contributed by atoms with Crippen molar-refractivity contribution < 1.29 is 9.53 Å². The molecule has 2 aromatic carbocycles. The summed E-state index contributed by atoms with van der Waals surface area (Å²) in [6, 6.07) is 17.3. The third-order valence-corrected chi connectivity index (χ3v) is 3.26. The van der Waals surface area contributed by atoms with E-state index in [1.807, 2.05) is 54.6 Å². The second kappa shape index (κ2) is 6.73. The molecule has 0 aliphatic rings. The van der Waals surface area contributed by atoms with Gasteiger partial charge in [0.15, 0.2) is 0 Å². The molecule has 0 saturated heterocycles. The Hall–Kier alpha value is -2.33. The fourth-order valence-corrected chi connectivity index (χ4v) is 2.15. The van der Waals surface area contributed by atoms with Crippen LogP contribution in [0.3, 0.4) is 0 Å². The van der Waals surface area contributed by atoms with Gasteiger partial charge in [0.25, 0.3) is 0 Å². The van der Waals surface area contributed by atoms with Gasteiger partial charge in [0.1, 0.15) is 5.75 Å². The Morgan fingerprint density at radius 2 is 1.80 bits per heavy atom. The van der Waals surface area contributed by atoms with Crippen molar-refractivity contribution in [3.63, 3.8) is 0 Å². The summed E-state index contributed by atoms with van der Waals surface area (Å²) in [6.45, 7) is 0. The topological polar surface area (TPSA) is 64.3 Å². The second-order valence-corrected chi connectivity index (χ2v) is 4.52. The maximum absolute atomic E-state index is 12.0. The SMILES string of the molecule is COc1ccc(CC(C(=O)NN)c2ccccc2)cc1. The van der Waals surface area contributed by atoms with Crippen molar-refractivity contribution in [2.75, 3.05) is 7.11 Å². The first-order valence-corrected chi connectivity index (χ1v) is 6.43. The minimum Gasteiger partial charge on any atom is -0.497 e. The average molecular weight is 270 g/mol. The van der Waals surface area contributed by atoms with Gasteiger partial charge in [-0.1, -0.05) is 42.5 Å². The Morgan fingerprint density at radius 3 is 2.35 bits per heavy atom. The number of benzene rings is 2. The molecule has 1 atom stereocenters. The second-order valence-electron chi connectivity index (χ2n) is 4.52. The maximum Gasteiger partial charge on any atom is 0.241 e. The summed E-state index contributed by atoms with van der Waals surface area (Å²) in [5.41, 5.74) is 4.25. The van der Waals surface area contributed by atoms with Crippen molar-refractivity contribution in [3.05, 3.63) is 65.7 Å². The number of carbonyl (C=O) groups is 1. The molecule has 3 N–H and O–H groups in total. The molecule has 104 valence electrons. The lowest BCUT2D eigenvalue weighted by atomic mass is 9.91. The van der Waals surface area contributed by atoms with E-state index >= 15 is 0 Å². The van der Waals surface area contributed by atoms with E-state index in [0.29, 0.717) is 6.42 Å². The first kappa shape index (κ1) is 14.1. The smallest absolute Gasteiger partial charge is 0.241 e. The zero-order valence-electron chi connectivity index (χ0n) is 11.4. The minimum atomic E-state index is -0.297. The standard InChI is InChI=1S/C16H18N2O2/c1-20-14-9-7-12(8-10-14)11-15(16(19)18-17)13-5-3-2-4-6-13/h2-10,15H,11,17H2,1H3,(H,18,19). The Kier molecular flexibility index (Phi) is 4.74. The van der Waals surface area contributed by atoms with Crippen LogP contribution in [0.2, 0.25) is 0 Å². The van der Waals surface area contributed by atoms with Crippen LogP contribution in [0.4, 0.5) is 0 Å². The lowest BCUT2D eigenvalue weighted by Crippen LogP contribution is -2.35. The van der Waals surface area contributed by atoms with Crippen molar-refractivity contribution in [1.82, 2.24) is 5.43 Å². The van der Waals surface area contributed by atoms with E-state index in [1.54, 1.807) is 7.11 Å². The van der Waals surface area contributed by atoms with Crippen molar-refractivity contribution in [1.29, 1.82) is 0 Å². The summed E-state index contributed by atoms with van der Waals surface area (Å²) in [7, 11) is 1.63. The summed E-state index contributed by atoms with van der Waals surface area (Å²) in [4.78, 5) is 12.0. The molecule has 0 fully saturated rings. The number of carbonyl (C=O) groups excluding carboxylic acids is 1. The summed E-state index contributed by atoms with van der Waals surface area (Å²) in [5, 5.41) is 0. The molecule has 0 aliphatic carbocycles. The number of amides is 1. The molecule has 2 aromatic rings. The van der Waals surface area contributed by atoms with Gasteiger partial charge in [-0.05, 0) is 29.7 Å². The lowest BCUT2D eigenvalue weighted by molar-refractivity contribution is -0.122. The molecule has 4 heteroatoms. The predicted molar refractivity (Wildman–Crippen MR) is 78.2 cm³/mol. The van der Waals surface area contributed by atoms with Gasteiger partial charge in [-0.25, -0.2) is 5.84 Å². The molecule has 0 saturated carbocycles. The number of methoxy groups -OCH3 is 1.